The Morgan fingerprint density at radius 2 is 2.50 bits per heavy atom. The largest absolute Gasteiger partial charge is 0.760 e. The molecule has 1 aliphatic rings. The molecule has 2 unspecified atom stereocenters. The van der Waals surface area contributed by atoms with Gasteiger partial charge in [-0.05, 0) is 12.3 Å². The van der Waals surface area contributed by atoms with Crippen molar-refractivity contribution < 1.29 is 8.76 Å². The van der Waals surface area contributed by atoms with Crippen LogP contribution < -0.4 is 0 Å². The fourth-order valence-electron chi connectivity index (χ4n) is 1.27. The molecule has 0 spiro atoms. The first-order chi connectivity index (χ1) is 4.74. The molecule has 1 heterocycles. The second-order valence-electron chi connectivity index (χ2n) is 2.67. The predicted octanol–water partition coefficient (Wildman–Crippen LogP) is 0.512. The summed E-state index contributed by atoms with van der Waals surface area (Å²) in [4.78, 5) is 0. The first-order valence-electron chi connectivity index (χ1n) is 3.58. The van der Waals surface area contributed by atoms with E-state index in [1.54, 1.807) is 0 Å². The summed E-state index contributed by atoms with van der Waals surface area (Å²) >= 11 is -1.98. The molecular weight excluding hydrogens is 150 g/mol. The molecule has 60 valence electrons. The van der Waals surface area contributed by atoms with Gasteiger partial charge in [-0.25, -0.2) is 4.31 Å². The van der Waals surface area contributed by atoms with Gasteiger partial charge in [-0.1, -0.05) is 13.3 Å². The molecule has 4 heteroatoms. The molecule has 3 nitrogen and oxygen atoms in total. The average molecular weight is 162 g/mol. The van der Waals surface area contributed by atoms with Crippen molar-refractivity contribution in [3.63, 3.8) is 0 Å². The number of hydrogen-bond acceptors (Lipinski definition) is 2. The lowest BCUT2D eigenvalue weighted by Gasteiger charge is -2.17. The second kappa shape index (κ2) is 3.46. The fourth-order valence-corrected chi connectivity index (χ4v) is 1.85. The molecule has 2 atom stereocenters. The Morgan fingerprint density at radius 1 is 1.80 bits per heavy atom. The third kappa shape index (κ3) is 1.78. The summed E-state index contributed by atoms with van der Waals surface area (Å²) in [5, 5.41) is 0. The Hall–Kier alpha value is 0.0700. The summed E-state index contributed by atoms with van der Waals surface area (Å²) in [6, 6.07) is 0. The Kier molecular flexibility index (Phi) is 2.82. The molecule has 1 saturated heterocycles. The van der Waals surface area contributed by atoms with Gasteiger partial charge < -0.3 is 4.55 Å². The topological polar surface area (TPSA) is 43.4 Å². The van der Waals surface area contributed by atoms with Gasteiger partial charge in [0.15, 0.2) is 0 Å². The molecule has 10 heavy (non-hydrogen) atoms. The maximum Gasteiger partial charge on any atom is 0.0209 e. The first kappa shape index (κ1) is 8.17. The van der Waals surface area contributed by atoms with Gasteiger partial charge in [0.2, 0.25) is 0 Å². The Labute approximate surface area is 63.8 Å². The van der Waals surface area contributed by atoms with E-state index in [1.165, 1.54) is 4.31 Å². The molecule has 0 bridgehead atoms. The maximum atomic E-state index is 10.4. The highest BCUT2D eigenvalue weighted by molar-refractivity contribution is 7.76. The SMILES string of the molecule is CCC1CCN(S(=O)[O-])C1. The van der Waals surface area contributed by atoms with Gasteiger partial charge >= 0.3 is 0 Å². The second-order valence-corrected chi connectivity index (χ2v) is 3.62. The lowest BCUT2D eigenvalue weighted by atomic mass is 10.1. The molecule has 0 radical (unpaired) electrons. The van der Waals surface area contributed by atoms with Crippen molar-refractivity contribution >= 4 is 11.3 Å². The van der Waals surface area contributed by atoms with E-state index in [2.05, 4.69) is 6.92 Å². The smallest absolute Gasteiger partial charge is 0.0209 e. The van der Waals surface area contributed by atoms with Crippen molar-refractivity contribution in [2.75, 3.05) is 13.1 Å². The van der Waals surface area contributed by atoms with E-state index in [1.807, 2.05) is 0 Å². The lowest BCUT2D eigenvalue weighted by Crippen LogP contribution is -2.22. The van der Waals surface area contributed by atoms with Crippen LogP contribution in [0.2, 0.25) is 0 Å². The number of nitrogens with zero attached hydrogens (tertiary/aromatic N) is 1. The molecule has 1 rings (SSSR count). The highest BCUT2D eigenvalue weighted by Gasteiger charge is 2.20. The van der Waals surface area contributed by atoms with Crippen LogP contribution in [0.1, 0.15) is 19.8 Å². The Balaban J connectivity index is 2.35. The summed E-state index contributed by atoms with van der Waals surface area (Å²) in [6.45, 7) is 3.54. The first-order valence-corrected chi connectivity index (χ1v) is 4.61. The molecule has 0 amide bonds. The van der Waals surface area contributed by atoms with Crippen LogP contribution in [-0.4, -0.2) is 26.2 Å². The van der Waals surface area contributed by atoms with E-state index in [0.717, 1.165) is 19.4 Å². The minimum absolute atomic E-state index is 0.595. The van der Waals surface area contributed by atoms with E-state index in [4.69, 9.17) is 0 Å². The minimum atomic E-state index is -1.98. The summed E-state index contributed by atoms with van der Waals surface area (Å²) in [5.74, 6) is 0.595. The number of rotatable bonds is 2. The Bertz CT molecular complexity index is 140. The van der Waals surface area contributed by atoms with Crippen molar-refractivity contribution in [3.05, 3.63) is 0 Å². The zero-order valence-corrected chi connectivity index (χ0v) is 6.89. The van der Waals surface area contributed by atoms with Crippen LogP contribution in [0.5, 0.6) is 0 Å². The molecule has 0 saturated carbocycles. The van der Waals surface area contributed by atoms with Gasteiger partial charge in [0, 0.05) is 24.4 Å². The predicted molar refractivity (Wildman–Crippen MR) is 38.9 cm³/mol. The van der Waals surface area contributed by atoms with Crippen LogP contribution in [0.25, 0.3) is 0 Å². The normalized spacial score (nSPS) is 30.8. The van der Waals surface area contributed by atoms with Crippen LogP contribution >= 0.6 is 0 Å². The van der Waals surface area contributed by atoms with Crippen molar-refractivity contribution in [1.29, 1.82) is 0 Å². The van der Waals surface area contributed by atoms with Crippen LogP contribution in [0.4, 0.5) is 0 Å². The summed E-state index contributed by atoms with van der Waals surface area (Å²) in [7, 11) is 0. The van der Waals surface area contributed by atoms with Crippen LogP contribution in [-0.2, 0) is 11.3 Å². The van der Waals surface area contributed by atoms with Crippen molar-refractivity contribution in [2.24, 2.45) is 5.92 Å². The molecule has 0 aromatic heterocycles. The van der Waals surface area contributed by atoms with E-state index >= 15 is 0 Å². The van der Waals surface area contributed by atoms with Crippen LogP contribution in [0, 0.1) is 5.92 Å². The maximum absolute atomic E-state index is 10.4. The van der Waals surface area contributed by atoms with Gasteiger partial charge in [-0.2, -0.15) is 0 Å². The van der Waals surface area contributed by atoms with E-state index < -0.39 is 11.3 Å². The Morgan fingerprint density at radius 3 is 2.80 bits per heavy atom. The molecule has 1 fully saturated rings. The van der Waals surface area contributed by atoms with Crippen molar-refractivity contribution in [1.82, 2.24) is 4.31 Å². The van der Waals surface area contributed by atoms with Crippen molar-refractivity contribution in [3.8, 4) is 0 Å². The lowest BCUT2D eigenvalue weighted by molar-refractivity contribution is 0.423. The monoisotopic (exact) mass is 162 g/mol. The van der Waals surface area contributed by atoms with Gasteiger partial charge in [0.25, 0.3) is 0 Å². The summed E-state index contributed by atoms with van der Waals surface area (Å²) < 4.78 is 22.3. The summed E-state index contributed by atoms with van der Waals surface area (Å²) in [6.07, 6.45) is 2.12. The van der Waals surface area contributed by atoms with Crippen LogP contribution in [0.3, 0.4) is 0 Å². The van der Waals surface area contributed by atoms with Crippen molar-refractivity contribution in [2.45, 2.75) is 19.8 Å². The molecule has 0 aromatic carbocycles. The van der Waals surface area contributed by atoms with E-state index in [0.29, 0.717) is 12.5 Å². The van der Waals surface area contributed by atoms with Gasteiger partial charge in [0.05, 0.1) is 0 Å². The van der Waals surface area contributed by atoms with Gasteiger partial charge in [-0.3, -0.25) is 4.21 Å². The zero-order valence-electron chi connectivity index (χ0n) is 6.08. The molecule has 0 aromatic rings. The third-order valence-corrected chi connectivity index (χ3v) is 2.79. The highest BCUT2D eigenvalue weighted by Crippen LogP contribution is 2.19. The summed E-state index contributed by atoms with van der Waals surface area (Å²) in [5.41, 5.74) is 0. The standard InChI is InChI=1S/C6H13NO2S/c1-2-6-3-4-7(5-6)10(8)9/h6H,2-5H2,1H3,(H,8,9)/p-1. The van der Waals surface area contributed by atoms with E-state index in [9.17, 15) is 8.76 Å². The minimum Gasteiger partial charge on any atom is -0.760 e. The quantitative estimate of drug-likeness (QED) is 0.555. The fraction of sp³-hybridized carbons (Fsp3) is 1.00. The van der Waals surface area contributed by atoms with E-state index in [-0.39, 0.29) is 0 Å². The zero-order chi connectivity index (χ0) is 7.56. The molecular formula is C6H12NO2S-. The van der Waals surface area contributed by atoms with Crippen LogP contribution in [0.15, 0.2) is 0 Å². The highest BCUT2D eigenvalue weighted by atomic mass is 32.2. The average Bonchev–Trinajstić information content (AvgIpc) is 2.34. The third-order valence-electron chi connectivity index (χ3n) is 2.04. The molecule has 0 aliphatic carbocycles. The van der Waals surface area contributed by atoms with Gasteiger partial charge in [-0.15, -0.1) is 0 Å². The number of hydrogen-bond donors (Lipinski definition) is 0. The molecule has 1 aliphatic heterocycles. The molecule has 0 N–H and O–H groups in total. The van der Waals surface area contributed by atoms with Gasteiger partial charge in [0.1, 0.15) is 0 Å².